The molecule has 1 fully saturated rings. The van der Waals surface area contributed by atoms with Crippen LogP contribution in [0.5, 0.6) is 5.75 Å². The van der Waals surface area contributed by atoms with Crippen LogP contribution in [0.15, 0.2) is 24.3 Å². The van der Waals surface area contributed by atoms with Crippen LogP contribution >= 0.6 is 0 Å². The van der Waals surface area contributed by atoms with Crippen molar-refractivity contribution >= 4 is 0 Å². The molecule has 3 nitrogen and oxygen atoms in total. The van der Waals surface area contributed by atoms with Gasteiger partial charge in [-0.15, -0.1) is 0 Å². The van der Waals surface area contributed by atoms with Gasteiger partial charge >= 0.3 is 0 Å². The van der Waals surface area contributed by atoms with Crippen LogP contribution in [0.3, 0.4) is 0 Å². The third-order valence-corrected chi connectivity index (χ3v) is 3.06. The minimum absolute atomic E-state index is 0.228. The summed E-state index contributed by atoms with van der Waals surface area (Å²) in [6, 6.07) is 8.22. The summed E-state index contributed by atoms with van der Waals surface area (Å²) in [7, 11) is 1.68. The number of nitrogens with one attached hydrogen (secondary N) is 1. The number of benzene rings is 1. The number of para-hydroxylation sites is 1. The third-order valence-electron chi connectivity index (χ3n) is 3.06. The van der Waals surface area contributed by atoms with Crippen molar-refractivity contribution in [3.63, 3.8) is 0 Å². The summed E-state index contributed by atoms with van der Waals surface area (Å²) in [5.74, 6) is 1.21. The van der Waals surface area contributed by atoms with Gasteiger partial charge in [0.25, 0.3) is 0 Å². The number of rotatable bonds is 3. The first-order valence-corrected chi connectivity index (χ1v) is 5.34. The highest BCUT2D eigenvalue weighted by Crippen LogP contribution is 2.34. The highest BCUT2D eigenvalue weighted by Gasteiger charge is 2.29. The molecule has 2 rings (SSSR count). The highest BCUT2D eigenvalue weighted by atomic mass is 16.5. The second-order valence-electron chi connectivity index (χ2n) is 3.91. The van der Waals surface area contributed by atoms with E-state index in [1.165, 1.54) is 0 Å². The molecule has 1 aliphatic rings. The van der Waals surface area contributed by atoms with Crippen molar-refractivity contribution < 1.29 is 9.84 Å². The molecule has 1 aromatic carbocycles. The lowest BCUT2D eigenvalue weighted by Gasteiger charge is -2.20. The van der Waals surface area contributed by atoms with Crippen molar-refractivity contribution in [3.8, 4) is 5.75 Å². The van der Waals surface area contributed by atoms with Crippen molar-refractivity contribution in [3.05, 3.63) is 29.8 Å². The minimum Gasteiger partial charge on any atom is -0.496 e. The number of aliphatic hydroxyl groups is 1. The molecule has 0 saturated carbocycles. The predicted octanol–water partition coefficient (Wildman–Crippen LogP) is 1.34. The maximum Gasteiger partial charge on any atom is 0.123 e. The van der Waals surface area contributed by atoms with Gasteiger partial charge in [0.2, 0.25) is 0 Å². The molecule has 0 aliphatic carbocycles. The lowest BCUT2D eigenvalue weighted by Crippen LogP contribution is -2.20. The average molecular weight is 207 g/mol. The van der Waals surface area contributed by atoms with E-state index in [0.29, 0.717) is 5.92 Å². The van der Waals surface area contributed by atoms with Gasteiger partial charge in [-0.25, -0.2) is 0 Å². The first-order chi connectivity index (χ1) is 7.36. The predicted molar refractivity (Wildman–Crippen MR) is 58.9 cm³/mol. The second-order valence-corrected chi connectivity index (χ2v) is 3.91. The normalized spacial score (nSPS) is 25.5. The fraction of sp³-hybridized carbons (Fsp3) is 0.500. The van der Waals surface area contributed by atoms with Gasteiger partial charge in [0.1, 0.15) is 5.75 Å². The lowest BCUT2D eigenvalue weighted by atomic mass is 9.94. The molecule has 1 heterocycles. The Morgan fingerprint density at radius 2 is 2.27 bits per heavy atom. The van der Waals surface area contributed by atoms with E-state index in [2.05, 4.69) is 11.4 Å². The van der Waals surface area contributed by atoms with Crippen LogP contribution in [0.1, 0.15) is 18.0 Å². The molecule has 0 radical (unpaired) electrons. The molecule has 1 aliphatic heterocycles. The Bertz CT molecular complexity index is 327. The number of hydrogen-bond donors (Lipinski definition) is 2. The summed E-state index contributed by atoms with van der Waals surface area (Å²) in [4.78, 5) is 0. The highest BCUT2D eigenvalue weighted by molar-refractivity contribution is 5.36. The Hall–Kier alpha value is -1.06. The monoisotopic (exact) mass is 207 g/mol. The molecule has 15 heavy (non-hydrogen) atoms. The molecule has 0 aromatic heterocycles. The van der Waals surface area contributed by atoms with E-state index in [1.807, 2.05) is 18.2 Å². The first kappa shape index (κ1) is 10.5. The van der Waals surface area contributed by atoms with Crippen LogP contribution < -0.4 is 10.1 Å². The van der Waals surface area contributed by atoms with Crippen LogP contribution in [0, 0.1) is 5.92 Å². The molecule has 2 N–H and O–H groups in total. The number of ether oxygens (including phenoxy) is 1. The minimum atomic E-state index is 0.228. The van der Waals surface area contributed by atoms with E-state index in [0.717, 1.165) is 24.3 Å². The Balaban J connectivity index is 2.27. The zero-order valence-corrected chi connectivity index (χ0v) is 8.94. The summed E-state index contributed by atoms with van der Waals surface area (Å²) >= 11 is 0. The third kappa shape index (κ3) is 1.98. The molecule has 3 heteroatoms. The second kappa shape index (κ2) is 4.64. The summed E-state index contributed by atoms with van der Waals surface area (Å²) < 4.78 is 5.33. The summed E-state index contributed by atoms with van der Waals surface area (Å²) in [5.41, 5.74) is 1.15. The van der Waals surface area contributed by atoms with Gasteiger partial charge in [-0.05, 0) is 19.0 Å². The topological polar surface area (TPSA) is 41.5 Å². The van der Waals surface area contributed by atoms with E-state index in [9.17, 15) is 5.11 Å². The van der Waals surface area contributed by atoms with Crippen molar-refractivity contribution in [2.45, 2.75) is 12.5 Å². The van der Waals surface area contributed by atoms with Crippen LogP contribution in [-0.2, 0) is 0 Å². The van der Waals surface area contributed by atoms with Gasteiger partial charge < -0.3 is 15.2 Å². The Morgan fingerprint density at radius 3 is 3.00 bits per heavy atom. The maximum atomic E-state index is 9.28. The first-order valence-electron chi connectivity index (χ1n) is 5.34. The largest absolute Gasteiger partial charge is 0.496 e. The quantitative estimate of drug-likeness (QED) is 0.786. The van der Waals surface area contributed by atoms with Crippen molar-refractivity contribution in [1.29, 1.82) is 0 Å². The standard InChI is InChI=1S/C12H17NO2/c1-15-11-5-3-2-4-10(11)12-9(8-14)6-7-13-12/h2-5,9,12-14H,6-8H2,1H3. The van der Waals surface area contributed by atoms with Crippen LogP contribution in [0.25, 0.3) is 0 Å². The molecular weight excluding hydrogens is 190 g/mol. The van der Waals surface area contributed by atoms with Crippen molar-refractivity contribution in [1.82, 2.24) is 5.32 Å². The summed E-state index contributed by atoms with van der Waals surface area (Å²) in [6.45, 7) is 1.20. The molecule has 2 atom stereocenters. The zero-order chi connectivity index (χ0) is 10.7. The molecule has 0 bridgehead atoms. The Morgan fingerprint density at radius 1 is 1.47 bits per heavy atom. The Labute approximate surface area is 90.1 Å². The van der Waals surface area contributed by atoms with Gasteiger partial charge in [0, 0.05) is 24.1 Å². The molecule has 2 unspecified atom stereocenters. The van der Waals surface area contributed by atoms with E-state index in [1.54, 1.807) is 7.11 Å². The van der Waals surface area contributed by atoms with Gasteiger partial charge in [-0.2, -0.15) is 0 Å². The van der Waals surface area contributed by atoms with Gasteiger partial charge in [-0.1, -0.05) is 18.2 Å². The van der Waals surface area contributed by atoms with Gasteiger partial charge in [0.05, 0.1) is 7.11 Å². The molecule has 0 spiro atoms. The molecule has 82 valence electrons. The molecular formula is C12H17NO2. The van der Waals surface area contributed by atoms with Crippen LogP contribution in [0.2, 0.25) is 0 Å². The van der Waals surface area contributed by atoms with Crippen LogP contribution in [0.4, 0.5) is 0 Å². The average Bonchev–Trinajstić information content (AvgIpc) is 2.76. The SMILES string of the molecule is COc1ccccc1C1NCCC1CO. The van der Waals surface area contributed by atoms with E-state index in [-0.39, 0.29) is 12.6 Å². The van der Waals surface area contributed by atoms with E-state index < -0.39 is 0 Å². The molecule has 1 saturated heterocycles. The number of aliphatic hydroxyl groups excluding tert-OH is 1. The van der Waals surface area contributed by atoms with Crippen molar-refractivity contribution in [2.24, 2.45) is 5.92 Å². The van der Waals surface area contributed by atoms with E-state index in [4.69, 9.17) is 4.74 Å². The molecule has 0 amide bonds. The summed E-state index contributed by atoms with van der Waals surface area (Å²) in [6.07, 6.45) is 1.03. The summed E-state index contributed by atoms with van der Waals surface area (Å²) in [5, 5.41) is 12.7. The Kier molecular flexibility index (Phi) is 3.23. The number of hydrogen-bond acceptors (Lipinski definition) is 3. The lowest BCUT2D eigenvalue weighted by molar-refractivity contribution is 0.213. The smallest absolute Gasteiger partial charge is 0.123 e. The fourth-order valence-electron chi connectivity index (χ4n) is 2.24. The maximum absolute atomic E-state index is 9.28. The number of methoxy groups -OCH3 is 1. The zero-order valence-electron chi connectivity index (χ0n) is 8.94. The fourth-order valence-corrected chi connectivity index (χ4v) is 2.24. The van der Waals surface area contributed by atoms with E-state index >= 15 is 0 Å². The van der Waals surface area contributed by atoms with Gasteiger partial charge in [0.15, 0.2) is 0 Å². The molecule has 1 aromatic rings. The van der Waals surface area contributed by atoms with Crippen molar-refractivity contribution in [2.75, 3.05) is 20.3 Å². The van der Waals surface area contributed by atoms with Gasteiger partial charge in [-0.3, -0.25) is 0 Å². The van der Waals surface area contributed by atoms with Crippen LogP contribution in [-0.4, -0.2) is 25.4 Å².